The Bertz CT molecular complexity index is 904. The summed E-state index contributed by atoms with van der Waals surface area (Å²) in [6.45, 7) is 4.76. The number of carbonyl (C=O) groups is 2. The van der Waals surface area contributed by atoms with E-state index in [4.69, 9.17) is 11.6 Å². The van der Waals surface area contributed by atoms with Gasteiger partial charge in [0.15, 0.2) is 0 Å². The number of thiophene rings is 1. The average Bonchev–Trinajstić information content (AvgIpc) is 3.41. The predicted molar refractivity (Wildman–Crippen MR) is 126 cm³/mol. The third-order valence-electron chi connectivity index (χ3n) is 5.98. The summed E-state index contributed by atoms with van der Waals surface area (Å²) < 4.78 is 0.822. The van der Waals surface area contributed by atoms with Crippen molar-refractivity contribution < 1.29 is 9.59 Å². The molecule has 31 heavy (non-hydrogen) atoms. The summed E-state index contributed by atoms with van der Waals surface area (Å²) in [7, 11) is 0. The van der Waals surface area contributed by atoms with Gasteiger partial charge < -0.3 is 10.6 Å². The fraction of sp³-hybridized carbons (Fsp3) is 0.478. The van der Waals surface area contributed by atoms with Crippen LogP contribution in [0.3, 0.4) is 0 Å². The normalized spacial score (nSPS) is 18.2. The molecule has 8 heteroatoms. The zero-order valence-corrected chi connectivity index (χ0v) is 19.2. The number of benzene rings is 1. The van der Waals surface area contributed by atoms with Crippen molar-refractivity contribution in [1.29, 1.82) is 0 Å². The summed E-state index contributed by atoms with van der Waals surface area (Å²) in [6, 6.07) is 11.5. The van der Waals surface area contributed by atoms with E-state index in [0.29, 0.717) is 17.8 Å². The minimum absolute atomic E-state index is 0.0837. The molecule has 1 saturated carbocycles. The lowest BCUT2D eigenvalue weighted by Gasteiger charge is -2.34. The molecule has 1 aromatic heterocycles. The summed E-state index contributed by atoms with van der Waals surface area (Å²) >= 11 is 7.64. The van der Waals surface area contributed by atoms with Crippen molar-refractivity contribution in [3.8, 4) is 0 Å². The molecular formula is C23H29ClN4O2S. The van der Waals surface area contributed by atoms with E-state index in [-0.39, 0.29) is 17.9 Å². The Morgan fingerprint density at radius 1 is 1.00 bits per heavy atom. The lowest BCUT2D eigenvalue weighted by atomic mass is 10.1. The summed E-state index contributed by atoms with van der Waals surface area (Å²) in [4.78, 5) is 31.2. The van der Waals surface area contributed by atoms with Gasteiger partial charge in [0.2, 0.25) is 5.91 Å². The fourth-order valence-electron chi connectivity index (χ4n) is 4.28. The molecule has 1 aliphatic carbocycles. The van der Waals surface area contributed by atoms with E-state index < -0.39 is 0 Å². The first-order valence-electron chi connectivity index (χ1n) is 11.0. The van der Waals surface area contributed by atoms with Gasteiger partial charge in [-0.15, -0.1) is 11.3 Å². The van der Waals surface area contributed by atoms with Crippen LogP contribution < -0.4 is 10.6 Å². The summed E-state index contributed by atoms with van der Waals surface area (Å²) in [5.41, 5.74) is 1.11. The fourth-order valence-corrected chi connectivity index (χ4v) is 5.41. The molecule has 1 saturated heterocycles. The van der Waals surface area contributed by atoms with E-state index in [1.807, 2.05) is 18.2 Å². The van der Waals surface area contributed by atoms with Gasteiger partial charge in [0.25, 0.3) is 5.91 Å². The second-order valence-corrected chi connectivity index (χ2v) is 10.1. The van der Waals surface area contributed by atoms with Crippen molar-refractivity contribution in [3.05, 3.63) is 51.2 Å². The van der Waals surface area contributed by atoms with E-state index in [2.05, 4.69) is 26.5 Å². The Kier molecular flexibility index (Phi) is 7.61. The average molecular weight is 461 g/mol. The number of hydrogen-bond donors (Lipinski definition) is 2. The highest BCUT2D eigenvalue weighted by Gasteiger charge is 2.22. The van der Waals surface area contributed by atoms with Crippen LogP contribution >= 0.6 is 22.9 Å². The molecule has 2 N–H and O–H groups in total. The van der Waals surface area contributed by atoms with E-state index in [9.17, 15) is 9.59 Å². The molecule has 0 spiro atoms. The number of para-hydroxylation sites is 1. The van der Waals surface area contributed by atoms with Gasteiger partial charge in [0.05, 0.1) is 22.1 Å². The van der Waals surface area contributed by atoms with Crippen LogP contribution in [-0.4, -0.2) is 60.4 Å². The van der Waals surface area contributed by atoms with Gasteiger partial charge in [-0.05, 0) is 37.1 Å². The monoisotopic (exact) mass is 460 g/mol. The third-order valence-corrected chi connectivity index (χ3v) is 7.19. The Hall–Kier alpha value is -1.93. The quantitative estimate of drug-likeness (QED) is 0.659. The molecule has 2 amide bonds. The number of anilines is 1. The zero-order valence-electron chi connectivity index (χ0n) is 17.6. The van der Waals surface area contributed by atoms with Crippen LogP contribution in [0.4, 0.5) is 5.69 Å². The van der Waals surface area contributed by atoms with Crippen LogP contribution in [0.5, 0.6) is 0 Å². The maximum Gasteiger partial charge on any atom is 0.253 e. The minimum atomic E-state index is -0.106. The second-order valence-electron chi connectivity index (χ2n) is 8.31. The number of amides is 2. The van der Waals surface area contributed by atoms with Crippen LogP contribution in [-0.2, 0) is 11.3 Å². The molecule has 6 nitrogen and oxygen atoms in total. The number of halogens is 1. The molecular weight excluding hydrogens is 432 g/mol. The van der Waals surface area contributed by atoms with Crippen molar-refractivity contribution in [1.82, 2.24) is 15.1 Å². The lowest BCUT2D eigenvalue weighted by Crippen LogP contribution is -2.48. The third kappa shape index (κ3) is 6.29. The van der Waals surface area contributed by atoms with Crippen molar-refractivity contribution in [2.24, 2.45) is 0 Å². The summed E-state index contributed by atoms with van der Waals surface area (Å²) in [5, 5.41) is 6.05. The Morgan fingerprint density at radius 2 is 1.71 bits per heavy atom. The van der Waals surface area contributed by atoms with Gasteiger partial charge in [-0.25, -0.2) is 0 Å². The van der Waals surface area contributed by atoms with Crippen LogP contribution in [0, 0.1) is 0 Å². The van der Waals surface area contributed by atoms with Gasteiger partial charge in [0.1, 0.15) is 0 Å². The van der Waals surface area contributed by atoms with Crippen molar-refractivity contribution in [2.45, 2.75) is 38.3 Å². The number of carbonyl (C=O) groups excluding carboxylic acids is 2. The Morgan fingerprint density at radius 3 is 2.42 bits per heavy atom. The van der Waals surface area contributed by atoms with Crippen LogP contribution in [0.25, 0.3) is 0 Å². The summed E-state index contributed by atoms with van der Waals surface area (Å²) in [6.07, 6.45) is 4.40. The Labute approximate surface area is 192 Å². The second kappa shape index (κ2) is 10.6. The largest absolute Gasteiger partial charge is 0.349 e. The number of rotatable bonds is 7. The highest BCUT2D eigenvalue weighted by molar-refractivity contribution is 7.16. The van der Waals surface area contributed by atoms with Crippen molar-refractivity contribution in [3.63, 3.8) is 0 Å². The molecule has 0 atom stereocenters. The van der Waals surface area contributed by atoms with Crippen LogP contribution in [0.15, 0.2) is 36.4 Å². The molecule has 0 unspecified atom stereocenters. The topological polar surface area (TPSA) is 64.7 Å². The van der Waals surface area contributed by atoms with Gasteiger partial charge in [0, 0.05) is 43.6 Å². The molecule has 2 aliphatic rings. The number of piperazine rings is 1. The molecule has 4 rings (SSSR count). The van der Waals surface area contributed by atoms with E-state index in [0.717, 1.165) is 62.7 Å². The first-order valence-corrected chi connectivity index (χ1v) is 12.1. The number of hydrogen-bond acceptors (Lipinski definition) is 5. The van der Waals surface area contributed by atoms with Gasteiger partial charge >= 0.3 is 0 Å². The highest BCUT2D eigenvalue weighted by atomic mass is 35.5. The van der Waals surface area contributed by atoms with Gasteiger partial charge in [-0.2, -0.15) is 0 Å². The SMILES string of the molecule is O=C(CN1CCN(Cc2ccc(Cl)s2)CC1)Nc1ccccc1C(=O)NC1CCCC1. The number of nitrogens with one attached hydrogen (secondary N) is 2. The van der Waals surface area contributed by atoms with Crippen LogP contribution in [0.2, 0.25) is 4.34 Å². The first-order chi connectivity index (χ1) is 15.1. The standard InChI is InChI=1S/C23H29ClN4O2S/c24-21-10-9-18(31-21)15-27-11-13-28(14-12-27)16-22(29)26-20-8-4-3-7-19(20)23(30)25-17-5-1-2-6-17/h3-4,7-10,17H,1-2,5-6,11-16H2,(H,25,30)(H,26,29). The molecule has 2 heterocycles. The molecule has 2 aromatic rings. The maximum absolute atomic E-state index is 12.7. The van der Waals surface area contributed by atoms with E-state index >= 15 is 0 Å². The maximum atomic E-state index is 12.7. The van der Waals surface area contributed by atoms with Crippen LogP contribution in [0.1, 0.15) is 40.9 Å². The van der Waals surface area contributed by atoms with E-state index in [1.165, 1.54) is 4.88 Å². The molecule has 0 bridgehead atoms. The smallest absolute Gasteiger partial charge is 0.253 e. The number of nitrogens with zero attached hydrogens (tertiary/aromatic N) is 2. The summed E-state index contributed by atoms with van der Waals surface area (Å²) in [5.74, 6) is -0.190. The molecule has 2 fully saturated rings. The first kappa shape index (κ1) is 22.3. The minimum Gasteiger partial charge on any atom is -0.349 e. The van der Waals surface area contributed by atoms with Gasteiger partial charge in [-0.1, -0.05) is 36.6 Å². The molecule has 0 radical (unpaired) electrons. The van der Waals surface area contributed by atoms with Crippen molar-refractivity contribution >= 4 is 40.4 Å². The van der Waals surface area contributed by atoms with E-state index in [1.54, 1.807) is 23.5 Å². The Balaban J connectivity index is 1.26. The predicted octanol–water partition coefficient (Wildman–Crippen LogP) is 3.83. The lowest BCUT2D eigenvalue weighted by molar-refractivity contribution is -0.117. The highest BCUT2D eigenvalue weighted by Crippen LogP contribution is 2.23. The zero-order chi connectivity index (χ0) is 21.6. The molecule has 1 aliphatic heterocycles. The van der Waals surface area contributed by atoms with Gasteiger partial charge in [-0.3, -0.25) is 19.4 Å². The molecule has 166 valence electrons. The van der Waals surface area contributed by atoms with Crippen molar-refractivity contribution in [2.75, 3.05) is 38.0 Å². The molecule has 1 aromatic carbocycles.